The Morgan fingerprint density at radius 3 is 1.09 bits per heavy atom. The van der Waals surface area contributed by atoms with E-state index in [1.54, 1.807) is 57.7 Å². The monoisotopic (exact) mass is 1880 g/mol. The molecule has 682 valence electrons. The summed E-state index contributed by atoms with van der Waals surface area (Å²) in [6.07, 6.45) is 19.7. The lowest BCUT2D eigenvalue weighted by Crippen LogP contribution is -2.35. The number of hydrogen-bond acceptors (Lipinski definition) is 39. The van der Waals surface area contributed by atoms with E-state index in [-0.39, 0.29) is 97.7 Å². The molecular formula is C90H109N21O11S7. The Morgan fingerprint density at radius 2 is 0.729 bits per heavy atom. The van der Waals surface area contributed by atoms with Gasteiger partial charge in [-0.05, 0) is 203 Å². The van der Waals surface area contributed by atoms with Crippen molar-refractivity contribution < 1.29 is 53.6 Å². The summed E-state index contributed by atoms with van der Waals surface area (Å²) in [6, 6.07) is 7.88. The maximum Gasteiger partial charge on any atom is 0.225 e. The summed E-state index contributed by atoms with van der Waals surface area (Å²) in [6.45, 7) is 31.5. The molecule has 0 radical (unpaired) electrons. The molecule has 0 unspecified atom stereocenters. The molecule has 39 heteroatoms. The van der Waals surface area contributed by atoms with Crippen molar-refractivity contribution in [2.24, 2.45) is 23.7 Å². The van der Waals surface area contributed by atoms with E-state index >= 15 is 0 Å². The van der Waals surface area contributed by atoms with Gasteiger partial charge in [0.25, 0.3) is 0 Å². The SMILES string of the molecule is C=C[C@H]1C[C@@H](Nc2nc(SC)nc(C)c2-c2nc3c(C)nccc3s2)[C@@H]2OC(C)(C)O[C@@H]21.CSc1nc(C)c(-c2nc3c(C)nccc3s2)c(N[C@@H]2C[C@H](C=O)[C@H]3OC(C)(C)O[C@H]32)n1.CSc1nc(C)c(-c2nc3c(C)nccc3s2)c(N[C@@H]2C[C@H](CCO)[C@H]3OC(C)(C)O[C@H]32)n1.Cc1nc(NC2CC2)nc(N[C@@H]2C[C@H](CCO)[C@@H](O)[C@H]2O)c1-c1nc2c(C)nccc2s1. The maximum absolute atomic E-state index is 11.7. The number of carbonyl (C=O) groups is 1. The van der Waals surface area contributed by atoms with Gasteiger partial charge in [-0.15, -0.1) is 51.9 Å². The number of thiazole rings is 4. The van der Waals surface area contributed by atoms with Crippen LogP contribution in [-0.2, 0) is 33.2 Å². The van der Waals surface area contributed by atoms with Crippen molar-refractivity contribution in [1.29, 1.82) is 0 Å². The van der Waals surface area contributed by atoms with Crippen molar-refractivity contribution in [3.05, 3.63) is 107 Å². The van der Waals surface area contributed by atoms with Crippen LogP contribution in [0, 0.1) is 79.1 Å². The molecule has 15 heterocycles. The summed E-state index contributed by atoms with van der Waals surface area (Å²) < 4.78 is 41.5. The quantitative estimate of drug-likeness (QED) is 0.0124. The number of aliphatic hydroxyl groups is 4. The number of rotatable bonds is 23. The first kappa shape index (κ1) is 92.4. The van der Waals surface area contributed by atoms with Crippen molar-refractivity contribution in [1.82, 2.24) is 79.7 Å². The lowest BCUT2D eigenvalue weighted by atomic mass is 10.0. The van der Waals surface area contributed by atoms with Crippen molar-refractivity contribution in [3.63, 3.8) is 0 Å². The van der Waals surface area contributed by atoms with Crippen molar-refractivity contribution in [3.8, 4) is 42.3 Å². The predicted molar refractivity (Wildman–Crippen MR) is 509 cm³/mol. The average Bonchev–Trinajstić information content (AvgIpc) is 1.61. The Morgan fingerprint density at radius 1 is 0.403 bits per heavy atom. The van der Waals surface area contributed by atoms with Crippen LogP contribution in [0.15, 0.2) is 77.2 Å². The first-order valence-corrected chi connectivity index (χ1v) is 50.4. The van der Waals surface area contributed by atoms with Crippen LogP contribution >= 0.6 is 80.6 Å². The van der Waals surface area contributed by atoms with E-state index < -0.39 is 29.6 Å². The van der Waals surface area contributed by atoms with Gasteiger partial charge in [0.05, 0.1) is 135 Å². The smallest absolute Gasteiger partial charge is 0.225 e. The third kappa shape index (κ3) is 19.3. The molecule has 32 nitrogen and oxygen atoms in total. The first-order valence-electron chi connectivity index (χ1n) is 43.4. The predicted octanol–water partition coefficient (Wildman–Crippen LogP) is 15.4. The van der Waals surface area contributed by atoms with E-state index in [4.69, 9.17) is 78.3 Å². The number of aldehydes is 1. The molecule has 0 spiro atoms. The van der Waals surface area contributed by atoms with E-state index in [0.717, 1.165) is 177 Å². The molecular weight excluding hydrogens is 1780 g/mol. The van der Waals surface area contributed by atoms with Crippen LogP contribution in [0.1, 0.15) is 138 Å². The molecule has 5 aliphatic carbocycles. The zero-order chi connectivity index (χ0) is 91.0. The van der Waals surface area contributed by atoms with Crippen molar-refractivity contribution in [2.75, 3.05) is 58.6 Å². The number of nitrogens with zero attached hydrogens (tertiary/aromatic N) is 16. The number of carbonyl (C=O) groups excluding carboxylic acids is 1. The summed E-state index contributed by atoms with van der Waals surface area (Å²) in [4.78, 5) is 86.8. The Balaban J connectivity index is 0.000000121. The summed E-state index contributed by atoms with van der Waals surface area (Å²) in [5.41, 5.74) is 14.1. The van der Waals surface area contributed by atoms with Gasteiger partial charge in [0.15, 0.2) is 32.8 Å². The number of anilines is 5. The largest absolute Gasteiger partial charge is 0.396 e. The molecule has 8 aliphatic rings. The number of ether oxygens (including phenoxy) is 6. The van der Waals surface area contributed by atoms with Crippen LogP contribution in [0.5, 0.6) is 0 Å². The van der Waals surface area contributed by atoms with E-state index in [1.165, 1.54) is 35.3 Å². The number of aromatic nitrogens is 16. The normalized spacial score (nSPS) is 26.1. The molecule has 3 saturated heterocycles. The molecule has 16 atom stereocenters. The number of hydrogen-bond donors (Lipinski definition) is 9. The Labute approximate surface area is 776 Å². The minimum Gasteiger partial charge on any atom is -0.396 e. The highest BCUT2D eigenvalue weighted by molar-refractivity contribution is 7.98. The van der Waals surface area contributed by atoms with Gasteiger partial charge in [0, 0.05) is 55.9 Å². The fourth-order valence-corrected chi connectivity index (χ4v) is 24.2. The topological polar surface area (TPSA) is 420 Å². The minimum atomic E-state index is -0.948. The lowest BCUT2D eigenvalue weighted by Gasteiger charge is -2.25. The van der Waals surface area contributed by atoms with Gasteiger partial charge in [-0.1, -0.05) is 41.4 Å². The van der Waals surface area contributed by atoms with Crippen LogP contribution in [0.4, 0.5) is 29.2 Å². The van der Waals surface area contributed by atoms with Gasteiger partial charge < -0.3 is 80.2 Å². The highest BCUT2D eigenvalue weighted by atomic mass is 32.2. The zero-order valence-electron chi connectivity index (χ0n) is 75.0. The fraction of sp³-hybridized carbons (Fsp3) is 0.522. The zero-order valence-corrected chi connectivity index (χ0v) is 80.7. The van der Waals surface area contributed by atoms with Crippen molar-refractivity contribution >= 4 is 157 Å². The molecule has 0 amide bonds. The number of aliphatic hydroxyl groups excluding tert-OH is 4. The second-order valence-electron chi connectivity index (χ2n) is 35.2. The molecule has 12 aromatic heterocycles. The molecule has 3 aliphatic heterocycles. The third-order valence-corrected chi connectivity index (χ3v) is 30.5. The molecule has 9 N–H and O–H groups in total. The summed E-state index contributed by atoms with van der Waals surface area (Å²) in [5, 5.41) is 63.1. The second kappa shape index (κ2) is 37.9. The van der Waals surface area contributed by atoms with Gasteiger partial charge in [0.1, 0.15) is 96.1 Å². The maximum atomic E-state index is 11.7. The van der Waals surface area contributed by atoms with Crippen LogP contribution in [-0.4, -0.2) is 235 Å². The van der Waals surface area contributed by atoms with Gasteiger partial charge in [-0.25, -0.2) is 54.8 Å². The summed E-state index contributed by atoms with van der Waals surface area (Å²) in [5.74, 6) is 1.48. The van der Waals surface area contributed by atoms with Crippen LogP contribution in [0.2, 0.25) is 0 Å². The first-order chi connectivity index (χ1) is 61.8. The standard InChI is InChI=1S/C23H29N5O3S2.C23H27N5O2S2.C22H28N6O3S.C22H25N5O3S2/c1-11-16(21-27-17-12(2)24-8-6-15(17)33-21)20(28-22(25-11)32-5)26-14-10-13(7-9-29)18-19(14)31-23(3,4)30-18;1-7-13-10-14(19-18(13)29-23(4,5)30-19)26-20-16(11(2)25-22(28-20)31-6)21-27-17-12(3)24-9-8-15(17)32-21;1-10-16(21-27-17-11(2)23-7-5-15(17)32-21)20(28-22(24-10)25-13-3-4-13)26-14-9-12(6-8-29)18(30)19(14)31;1-10-15(20-26-16-11(2)23-7-6-14(16)32-20)19(27-21(24-10)31-5)25-13-8-12(9-28)17-18(13)30-22(3,4)29-17/h6,8,13-14,18-19,29H,7,9-10H2,1-5H3,(H,25,26,28);7-9,13-14,18-19H,1,10H2,2-6H3,(H,25,26,28);5,7,12-14,18-19,29-31H,3-4,6,8-9H2,1-2H3,(H2,24,25,26,28);6-7,9,12-13,17-18H,8H2,1-5H3,(H,24,25,27)/t2*13-,14+,18+,19-;12-,14+,18+,19-;12-,13-,17-,18+/m0001/s1. The summed E-state index contributed by atoms with van der Waals surface area (Å²) >= 11 is 11.0. The van der Waals surface area contributed by atoms with Gasteiger partial charge in [-0.2, -0.15) is 4.98 Å². The van der Waals surface area contributed by atoms with Gasteiger partial charge in [0.2, 0.25) is 5.95 Å². The van der Waals surface area contributed by atoms with E-state index in [9.17, 15) is 25.2 Å². The Bertz CT molecular complexity index is 5990. The number of thioether (sulfide) groups is 3. The number of aryl methyl sites for hydroxylation is 8. The highest BCUT2D eigenvalue weighted by Gasteiger charge is 2.57. The molecule has 5 saturated carbocycles. The van der Waals surface area contributed by atoms with Crippen molar-refractivity contribution in [2.45, 2.75) is 260 Å². The second-order valence-corrected chi connectivity index (χ2v) is 41.7. The molecule has 129 heavy (non-hydrogen) atoms. The molecule has 8 fully saturated rings. The van der Waals surface area contributed by atoms with Gasteiger partial charge in [-0.3, -0.25) is 19.9 Å². The number of fused-ring (bicyclic) bond motifs is 7. The third-order valence-electron chi connectivity index (χ3n) is 24.7. The van der Waals surface area contributed by atoms with Crippen LogP contribution in [0.3, 0.4) is 0 Å². The Kier molecular flexibility index (Phi) is 27.1. The molecule has 0 aromatic carbocycles. The van der Waals surface area contributed by atoms with Gasteiger partial charge >= 0.3 is 0 Å². The Hall–Kier alpha value is -8.46. The number of nitrogens with one attached hydrogen (secondary N) is 5. The van der Waals surface area contributed by atoms with Crippen LogP contribution < -0.4 is 26.6 Å². The molecule has 12 aromatic rings. The molecule has 0 bridgehead atoms. The van der Waals surface area contributed by atoms with E-state index in [1.807, 2.05) is 158 Å². The van der Waals surface area contributed by atoms with E-state index in [0.29, 0.717) is 59.6 Å². The van der Waals surface area contributed by atoms with E-state index in [2.05, 4.69) is 63.1 Å². The van der Waals surface area contributed by atoms with Crippen LogP contribution in [0.25, 0.3) is 83.2 Å². The average molecular weight is 1890 g/mol. The minimum absolute atomic E-state index is 0.00821. The summed E-state index contributed by atoms with van der Waals surface area (Å²) in [7, 11) is 0. The molecule has 20 rings (SSSR count). The highest BCUT2D eigenvalue weighted by Crippen LogP contribution is 2.51. The number of pyridine rings is 4. The fourth-order valence-electron chi connectivity index (χ4n) is 18.5. The lowest BCUT2D eigenvalue weighted by molar-refractivity contribution is -0.158.